The largest absolute Gasteiger partial charge is 0.507 e. The molecule has 0 amide bonds. The number of phenolic OH excluding ortho intramolecular Hbond substituents is 1. The summed E-state index contributed by atoms with van der Waals surface area (Å²) in [6.07, 6.45) is 10.3. The maximum atomic E-state index is 15.5. The number of aromatic nitrogens is 4. The number of hydrogen-bond donors (Lipinski definition) is 3. The number of halogens is 2. The number of fused-ring (bicyclic) bond motifs is 2. The van der Waals surface area contributed by atoms with Gasteiger partial charge in [0.1, 0.15) is 11.4 Å². The third kappa shape index (κ3) is 4.44. The highest BCUT2D eigenvalue weighted by molar-refractivity contribution is 5.92. The predicted molar refractivity (Wildman–Crippen MR) is 139 cm³/mol. The lowest BCUT2D eigenvalue weighted by atomic mass is 9.69. The van der Waals surface area contributed by atoms with Gasteiger partial charge in [0, 0.05) is 45.9 Å². The molecule has 0 spiro atoms. The van der Waals surface area contributed by atoms with Gasteiger partial charge in [-0.1, -0.05) is 0 Å². The zero-order chi connectivity index (χ0) is 26.7. The van der Waals surface area contributed by atoms with Crippen LogP contribution in [-0.4, -0.2) is 49.7 Å². The van der Waals surface area contributed by atoms with Crippen molar-refractivity contribution < 1.29 is 18.6 Å². The minimum atomic E-state index is -1.18. The van der Waals surface area contributed by atoms with Crippen LogP contribution in [0.1, 0.15) is 70.3 Å². The van der Waals surface area contributed by atoms with E-state index in [0.717, 1.165) is 55.8 Å². The molecule has 1 saturated carbocycles. The van der Waals surface area contributed by atoms with Crippen molar-refractivity contribution in [3.63, 3.8) is 0 Å². The molecule has 0 radical (unpaired) electrons. The lowest BCUT2D eigenvalue weighted by Gasteiger charge is -2.54. The molecule has 38 heavy (non-hydrogen) atoms. The molecule has 2 bridgehead atoms. The molecular weight excluding hydrogens is 490 g/mol. The molecule has 1 unspecified atom stereocenters. The Morgan fingerprint density at radius 2 is 1.74 bits per heavy atom. The SMILES string of the molecule is COc1cc(-c2c(F)c(F)cc(O)c2-c2nncc(C3CC3)c2NC2C[C@]3(C)CCC[C@](C)(C2)N3)cnn1. The number of benzene rings is 1. The van der Waals surface area contributed by atoms with Crippen molar-refractivity contribution in [1.82, 2.24) is 25.7 Å². The van der Waals surface area contributed by atoms with Gasteiger partial charge in [-0.05, 0) is 64.7 Å². The summed E-state index contributed by atoms with van der Waals surface area (Å²) in [7, 11) is 1.41. The molecule has 2 saturated heterocycles. The zero-order valence-electron chi connectivity index (χ0n) is 21.8. The van der Waals surface area contributed by atoms with Gasteiger partial charge in [-0.15, -0.1) is 10.2 Å². The molecule has 6 rings (SSSR count). The molecule has 3 atom stereocenters. The Morgan fingerprint density at radius 1 is 1.03 bits per heavy atom. The topological polar surface area (TPSA) is 105 Å². The van der Waals surface area contributed by atoms with Crippen LogP contribution in [0, 0.1) is 11.6 Å². The second-order valence-corrected chi connectivity index (χ2v) is 11.6. The van der Waals surface area contributed by atoms with E-state index in [-0.39, 0.29) is 45.4 Å². The van der Waals surface area contributed by atoms with Crippen molar-refractivity contribution >= 4 is 5.69 Å². The second kappa shape index (κ2) is 9.11. The van der Waals surface area contributed by atoms with Crippen LogP contribution in [-0.2, 0) is 0 Å². The van der Waals surface area contributed by atoms with Crippen LogP contribution in [0.3, 0.4) is 0 Å². The van der Waals surface area contributed by atoms with Crippen LogP contribution >= 0.6 is 0 Å². The summed E-state index contributed by atoms with van der Waals surface area (Å²) in [4.78, 5) is 0. The van der Waals surface area contributed by atoms with Crippen molar-refractivity contribution in [2.75, 3.05) is 12.4 Å². The van der Waals surface area contributed by atoms with Crippen molar-refractivity contribution in [3.05, 3.63) is 41.7 Å². The highest BCUT2D eigenvalue weighted by Gasteiger charge is 2.46. The minimum Gasteiger partial charge on any atom is -0.507 e. The van der Waals surface area contributed by atoms with E-state index in [1.807, 2.05) is 0 Å². The monoisotopic (exact) mass is 522 g/mol. The first-order chi connectivity index (χ1) is 18.2. The van der Waals surface area contributed by atoms with E-state index in [1.54, 1.807) is 6.20 Å². The standard InChI is InChI=1S/C28H32F2N6O2/c1-27-7-4-8-28(2,36-27)12-17(11-27)33-25-18(15-5-6-15)14-32-35-26(25)23-20(37)10-19(29)24(30)22(23)16-9-21(38-3)34-31-13-16/h9-10,13-15,17,36-37H,4-8,11-12H2,1-3H3,(H,32,33)/t17?,27-,28+. The van der Waals surface area contributed by atoms with Crippen molar-refractivity contribution in [1.29, 1.82) is 0 Å². The van der Waals surface area contributed by atoms with Crippen molar-refractivity contribution in [2.24, 2.45) is 0 Å². The van der Waals surface area contributed by atoms with Gasteiger partial charge < -0.3 is 20.5 Å². The fraction of sp³-hybridized carbons (Fsp3) is 0.500. The molecular formula is C28H32F2N6O2. The van der Waals surface area contributed by atoms with Gasteiger partial charge in [-0.2, -0.15) is 10.2 Å². The maximum Gasteiger partial charge on any atom is 0.233 e. The summed E-state index contributed by atoms with van der Waals surface area (Å²) in [6.45, 7) is 4.55. The third-order valence-electron chi connectivity index (χ3n) is 8.27. The average Bonchev–Trinajstić information content (AvgIpc) is 3.70. The Balaban J connectivity index is 1.51. The summed E-state index contributed by atoms with van der Waals surface area (Å²) >= 11 is 0. The molecule has 2 aromatic heterocycles. The number of piperidine rings is 2. The molecule has 200 valence electrons. The number of phenols is 1. The first-order valence-electron chi connectivity index (χ1n) is 13.2. The summed E-state index contributed by atoms with van der Waals surface area (Å²) in [5.74, 6) is -2.28. The average molecular weight is 523 g/mol. The number of aromatic hydroxyl groups is 1. The number of methoxy groups -OCH3 is 1. The van der Waals surface area contributed by atoms with Gasteiger partial charge in [0.2, 0.25) is 5.88 Å². The van der Waals surface area contributed by atoms with Crippen molar-refractivity contribution in [2.45, 2.75) is 81.8 Å². The number of nitrogens with one attached hydrogen (secondary N) is 2. The molecule has 2 aliphatic heterocycles. The van der Waals surface area contributed by atoms with Crippen LogP contribution in [0.25, 0.3) is 22.4 Å². The molecule has 3 N–H and O–H groups in total. The minimum absolute atomic E-state index is 0.0117. The molecule has 4 heterocycles. The van der Waals surface area contributed by atoms with Gasteiger partial charge in [0.15, 0.2) is 11.6 Å². The Morgan fingerprint density at radius 3 is 2.42 bits per heavy atom. The lowest BCUT2D eigenvalue weighted by molar-refractivity contribution is 0.0849. The van der Waals surface area contributed by atoms with Gasteiger partial charge in [0.25, 0.3) is 0 Å². The van der Waals surface area contributed by atoms with Gasteiger partial charge in [-0.3, -0.25) is 0 Å². The number of rotatable bonds is 6. The summed E-state index contributed by atoms with van der Waals surface area (Å²) in [5.41, 5.74) is 2.11. The Kier molecular flexibility index (Phi) is 5.97. The lowest BCUT2D eigenvalue weighted by Crippen LogP contribution is -2.65. The van der Waals surface area contributed by atoms with Gasteiger partial charge >= 0.3 is 0 Å². The molecule has 8 nitrogen and oxygen atoms in total. The highest BCUT2D eigenvalue weighted by atomic mass is 19.2. The smallest absolute Gasteiger partial charge is 0.233 e. The Labute approximate surface area is 220 Å². The molecule has 3 fully saturated rings. The molecule has 1 aliphatic carbocycles. The number of anilines is 1. The predicted octanol–water partition coefficient (Wildman–Crippen LogP) is 5.34. The maximum absolute atomic E-state index is 15.5. The van der Waals surface area contributed by atoms with E-state index >= 15 is 4.39 Å². The number of hydrogen-bond acceptors (Lipinski definition) is 8. The zero-order valence-corrected chi connectivity index (χ0v) is 21.8. The van der Waals surface area contributed by atoms with Crippen LogP contribution in [0.15, 0.2) is 24.5 Å². The quantitative estimate of drug-likeness (QED) is 0.399. The molecule has 1 aromatic carbocycles. The van der Waals surface area contributed by atoms with Crippen LogP contribution in [0.2, 0.25) is 0 Å². The van der Waals surface area contributed by atoms with Crippen LogP contribution < -0.4 is 15.4 Å². The summed E-state index contributed by atoms with van der Waals surface area (Å²) < 4.78 is 35.3. The molecule has 3 aromatic rings. The highest BCUT2D eigenvalue weighted by Crippen LogP contribution is 2.50. The number of ether oxygens (including phenoxy) is 1. The van der Waals surface area contributed by atoms with E-state index in [2.05, 4.69) is 44.9 Å². The normalized spacial score (nSPS) is 26.7. The first-order valence-corrected chi connectivity index (χ1v) is 13.2. The summed E-state index contributed by atoms with van der Waals surface area (Å²) in [5, 5.41) is 35.0. The molecule has 3 aliphatic rings. The Hall–Kier alpha value is -3.40. The fourth-order valence-corrected chi connectivity index (χ4v) is 6.63. The van der Waals surface area contributed by atoms with Gasteiger partial charge in [0.05, 0.1) is 30.8 Å². The van der Waals surface area contributed by atoms with E-state index in [0.29, 0.717) is 5.92 Å². The second-order valence-electron chi connectivity index (χ2n) is 11.6. The van der Waals surface area contributed by atoms with E-state index < -0.39 is 17.4 Å². The van der Waals surface area contributed by atoms with E-state index in [9.17, 15) is 9.50 Å². The van der Waals surface area contributed by atoms with E-state index in [1.165, 1.54) is 25.8 Å². The third-order valence-corrected chi connectivity index (χ3v) is 8.27. The fourth-order valence-electron chi connectivity index (χ4n) is 6.63. The van der Waals surface area contributed by atoms with E-state index in [4.69, 9.17) is 4.74 Å². The Bertz CT molecular complexity index is 1380. The van der Waals surface area contributed by atoms with Crippen LogP contribution in [0.4, 0.5) is 14.5 Å². The van der Waals surface area contributed by atoms with Crippen molar-refractivity contribution in [3.8, 4) is 34.0 Å². The van der Waals surface area contributed by atoms with Gasteiger partial charge in [-0.25, -0.2) is 8.78 Å². The molecule has 10 heteroatoms. The first kappa shape index (κ1) is 24.9. The van der Waals surface area contributed by atoms with Crippen LogP contribution in [0.5, 0.6) is 11.6 Å². The summed E-state index contributed by atoms with van der Waals surface area (Å²) in [6, 6.07) is 2.37. The number of nitrogens with zero attached hydrogens (tertiary/aromatic N) is 4.